The summed E-state index contributed by atoms with van der Waals surface area (Å²) in [5, 5.41) is 5.87. The molecule has 1 aliphatic rings. The average Bonchev–Trinajstić information content (AvgIpc) is 3.27. The molecule has 1 aromatic carbocycles. The lowest BCUT2D eigenvalue weighted by Gasteiger charge is -2.24. The molecule has 1 N–H and O–H groups in total. The maximum absolute atomic E-state index is 13.3. The Morgan fingerprint density at radius 2 is 1.93 bits per heavy atom. The van der Waals surface area contributed by atoms with Crippen molar-refractivity contribution >= 4 is 27.3 Å². The van der Waals surface area contributed by atoms with E-state index in [1.54, 1.807) is 24.3 Å². The Balaban J connectivity index is 1.72. The summed E-state index contributed by atoms with van der Waals surface area (Å²) < 4.78 is 27.9. The van der Waals surface area contributed by atoms with Crippen molar-refractivity contribution in [1.82, 2.24) is 14.6 Å². The Kier molecular flexibility index (Phi) is 6.21. The molecular weight excluding hydrogens is 394 g/mol. The Morgan fingerprint density at radius 3 is 2.61 bits per heavy atom. The van der Waals surface area contributed by atoms with Gasteiger partial charge in [-0.2, -0.15) is 4.31 Å². The Morgan fingerprint density at radius 1 is 1.21 bits per heavy atom. The monoisotopic (exact) mass is 421 g/mol. The molecule has 0 unspecified atom stereocenters. The van der Waals surface area contributed by atoms with Gasteiger partial charge in [-0.15, -0.1) is 11.3 Å². The molecular formula is C20H27N3O3S2. The smallest absolute Gasteiger partial charge is 0.244 e. The normalized spacial score (nSPS) is 17.8. The molecule has 1 atom stereocenters. The van der Waals surface area contributed by atoms with Crippen LogP contribution in [0.2, 0.25) is 0 Å². The van der Waals surface area contributed by atoms with Gasteiger partial charge < -0.3 is 5.32 Å². The van der Waals surface area contributed by atoms with Crippen molar-refractivity contribution in [3.8, 4) is 0 Å². The van der Waals surface area contributed by atoms with Crippen LogP contribution in [-0.2, 0) is 21.2 Å². The zero-order valence-electron chi connectivity index (χ0n) is 16.8. The van der Waals surface area contributed by atoms with Gasteiger partial charge in [0.15, 0.2) is 0 Å². The molecule has 1 amide bonds. The topological polar surface area (TPSA) is 79.4 Å². The molecule has 1 fully saturated rings. The highest BCUT2D eigenvalue weighted by Gasteiger charge is 2.39. The molecule has 0 aliphatic carbocycles. The second-order valence-corrected chi connectivity index (χ2v) is 10.3. The van der Waals surface area contributed by atoms with Gasteiger partial charge in [0, 0.05) is 24.9 Å². The quantitative estimate of drug-likeness (QED) is 0.778. The fourth-order valence-electron chi connectivity index (χ4n) is 3.58. The van der Waals surface area contributed by atoms with Crippen LogP contribution in [0.1, 0.15) is 40.2 Å². The number of carbonyl (C=O) groups is 1. The van der Waals surface area contributed by atoms with E-state index in [4.69, 9.17) is 0 Å². The molecule has 2 heterocycles. The second-order valence-electron chi connectivity index (χ2n) is 7.37. The lowest BCUT2D eigenvalue weighted by molar-refractivity contribution is -0.124. The lowest BCUT2D eigenvalue weighted by atomic mass is 10.1. The molecule has 28 heavy (non-hydrogen) atoms. The van der Waals surface area contributed by atoms with Gasteiger partial charge in [0.2, 0.25) is 15.9 Å². The summed E-state index contributed by atoms with van der Waals surface area (Å²) in [6.07, 6.45) is 1.88. The molecule has 0 saturated carbocycles. The van der Waals surface area contributed by atoms with Gasteiger partial charge >= 0.3 is 0 Å². The van der Waals surface area contributed by atoms with Crippen LogP contribution in [-0.4, -0.2) is 42.7 Å². The van der Waals surface area contributed by atoms with E-state index in [0.717, 1.165) is 21.8 Å². The maximum atomic E-state index is 13.3. The molecule has 0 radical (unpaired) electrons. The minimum Gasteiger partial charge on any atom is -0.354 e. The number of sulfonamides is 1. The minimum atomic E-state index is -3.71. The molecule has 1 aromatic heterocycles. The lowest BCUT2D eigenvalue weighted by Crippen LogP contribution is -2.46. The van der Waals surface area contributed by atoms with E-state index in [1.165, 1.54) is 4.31 Å². The van der Waals surface area contributed by atoms with Crippen molar-refractivity contribution in [2.75, 3.05) is 13.1 Å². The first-order chi connectivity index (χ1) is 13.2. The first-order valence-electron chi connectivity index (χ1n) is 9.48. The Labute approximate surface area is 171 Å². The van der Waals surface area contributed by atoms with Gasteiger partial charge in [0.05, 0.1) is 15.6 Å². The van der Waals surface area contributed by atoms with Gasteiger partial charge in [0.25, 0.3) is 0 Å². The van der Waals surface area contributed by atoms with Gasteiger partial charge in [-0.3, -0.25) is 4.79 Å². The third-order valence-electron chi connectivity index (χ3n) is 5.23. The number of nitrogens with one attached hydrogen (secondary N) is 1. The van der Waals surface area contributed by atoms with Gasteiger partial charge in [-0.25, -0.2) is 13.4 Å². The number of hydrogen-bond donors (Lipinski definition) is 1. The van der Waals surface area contributed by atoms with E-state index in [1.807, 2.05) is 32.2 Å². The fraction of sp³-hybridized carbons (Fsp3) is 0.500. The van der Waals surface area contributed by atoms with Crippen molar-refractivity contribution in [3.63, 3.8) is 0 Å². The van der Waals surface area contributed by atoms with Crippen molar-refractivity contribution in [1.29, 1.82) is 0 Å². The molecule has 2 aromatic rings. The van der Waals surface area contributed by atoms with Crippen LogP contribution in [0.15, 0.2) is 22.4 Å². The molecule has 1 aliphatic heterocycles. The maximum Gasteiger partial charge on any atom is 0.244 e. The number of aromatic nitrogens is 1. The Bertz CT molecular complexity index is 983. The highest BCUT2D eigenvalue weighted by Crippen LogP contribution is 2.29. The standard InChI is InChI=1S/C20H27N3O3S2/c1-13-10-15(3)19(11-14(13)2)28(25,26)23-9-5-6-18(23)20(24)21-8-7-17-12-27-16(4)22-17/h10-12,18H,5-9H2,1-4H3,(H,21,24)/t18-/m1/s1. The summed E-state index contributed by atoms with van der Waals surface area (Å²) in [5.74, 6) is -0.227. The molecule has 0 spiro atoms. The number of rotatable bonds is 6. The van der Waals surface area contributed by atoms with E-state index in [-0.39, 0.29) is 5.91 Å². The van der Waals surface area contributed by atoms with Crippen LogP contribution in [0.4, 0.5) is 0 Å². The highest BCUT2D eigenvalue weighted by atomic mass is 32.2. The van der Waals surface area contributed by atoms with Gasteiger partial charge in [0.1, 0.15) is 6.04 Å². The molecule has 152 valence electrons. The summed E-state index contributed by atoms with van der Waals surface area (Å²) in [7, 11) is -3.71. The van der Waals surface area contributed by atoms with Crippen molar-refractivity contribution in [2.24, 2.45) is 0 Å². The molecule has 1 saturated heterocycles. The molecule has 6 nitrogen and oxygen atoms in total. The van der Waals surface area contributed by atoms with Crippen molar-refractivity contribution < 1.29 is 13.2 Å². The number of amides is 1. The number of nitrogens with zero attached hydrogens (tertiary/aromatic N) is 2. The predicted octanol–water partition coefficient (Wildman–Crippen LogP) is 2.89. The summed E-state index contributed by atoms with van der Waals surface area (Å²) in [6.45, 7) is 8.45. The first kappa shape index (κ1) is 21.0. The van der Waals surface area contributed by atoms with Crippen LogP contribution in [0.25, 0.3) is 0 Å². The van der Waals surface area contributed by atoms with E-state index >= 15 is 0 Å². The van der Waals surface area contributed by atoms with E-state index < -0.39 is 16.1 Å². The number of aryl methyl sites for hydroxylation is 4. The minimum absolute atomic E-state index is 0.227. The number of hydrogen-bond acceptors (Lipinski definition) is 5. The van der Waals surface area contributed by atoms with Crippen LogP contribution in [0, 0.1) is 27.7 Å². The second kappa shape index (κ2) is 8.31. The molecule has 8 heteroatoms. The van der Waals surface area contributed by atoms with E-state index in [2.05, 4.69) is 10.3 Å². The highest BCUT2D eigenvalue weighted by molar-refractivity contribution is 7.89. The van der Waals surface area contributed by atoms with Gasteiger partial charge in [-0.05, 0) is 63.3 Å². The van der Waals surface area contributed by atoms with Crippen molar-refractivity contribution in [3.05, 3.63) is 44.9 Å². The average molecular weight is 422 g/mol. The summed E-state index contributed by atoms with van der Waals surface area (Å²) in [4.78, 5) is 17.4. The van der Waals surface area contributed by atoms with Crippen LogP contribution in [0.5, 0.6) is 0 Å². The first-order valence-corrected chi connectivity index (χ1v) is 11.8. The van der Waals surface area contributed by atoms with E-state index in [9.17, 15) is 13.2 Å². The summed E-state index contributed by atoms with van der Waals surface area (Å²) in [6, 6.07) is 2.96. The van der Waals surface area contributed by atoms with E-state index in [0.29, 0.717) is 42.8 Å². The fourth-order valence-corrected chi connectivity index (χ4v) is 6.18. The molecule has 3 rings (SSSR count). The van der Waals surface area contributed by atoms with Crippen LogP contribution < -0.4 is 5.32 Å². The van der Waals surface area contributed by atoms with Crippen LogP contribution >= 0.6 is 11.3 Å². The van der Waals surface area contributed by atoms with Crippen LogP contribution in [0.3, 0.4) is 0 Å². The SMILES string of the molecule is Cc1nc(CCNC(=O)[C@H]2CCCN2S(=O)(=O)c2cc(C)c(C)cc2C)cs1. The van der Waals surface area contributed by atoms with Crippen molar-refractivity contribution in [2.45, 2.75) is 57.9 Å². The Hall–Kier alpha value is -1.77. The molecule has 0 bridgehead atoms. The summed E-state index contributed by atoms with van der Waals surface area (Å²) >= 11 is 1.58. The third kappa shape index (κ3) is 4.29. The summed E-state index contributed by atoms with van der Waals surface area (Å²) in [5.41, 5.74) is 3.66. The number of thiazole rings is 1. The predicted molar refractivity (Wildman–Crippen MR) is 111 cm³/mol. The zero-order valence-corrected chi connectivity index (χ0v) is 18.4. The third-order valence-corrected chi connectivity index (χ3v) is 8.10. The largest absolute Gasteiger partial charge is 0.354 e. The zero-order chi connectivity index (χ0) is 20.5. The number of benzene rings is 1. The number of carbonyl (C=O) groups excluding carboxylic acids is 1. The van der Waals surface area contributed by atoms with Gasteiger partial charge in [-0.1, -0.05) is 6.07 Å².